The molecule has 0 bridgehead atoms. The Balaban J connectivity index is 2.62. The second-order valence-corrected chi connectivity index (χ2v) is 4.99. The van der Waals surface area contributed by atoms with Crippen molar-refractivity contribution < 1.29 is 14.6 Å². The Bertz CT molecular complexity index is 385. The molecule has 1 aromatic rings. The van der Waals surface area contributed by atoms with Gasteiger partial charge in [-0.3, -0.25) is 0 Å². The zero-order chi connectivity index (χ0) is 14.1. The lowest BCUT2D eigenvalue weighted by molar-refractivity contribution is 0.283. The van der Waals surface area contributed by atoms with Crippen molar-refractivity contribution in [2.45, 2.75) is 26.3 Å². The highest BCUT2D eigenvalue weighted by atomic mass is 79.9. The van der Waals surface area contributed by atoms with Crippen molar-refractivity contribution in [2.24, 2.45) is 0 Å². The van der Waals surface area contributed by atoms with Crippen molar-refractivity contribution in [1.82, 2.24) is 5.32 Å². The van der Waals surface area contributed by atoms with Gasteiger partial charge >= 0.3 is 0 Å². The first kappa shape index (κ1) is 16.3. The van der Waals surface area contributed by atoms with E-state index in [1.165, 1.54) is 0 Å². The van der Waals surface area contributed by atoms with E-state index >= 15 is 0 Å². The smallest absolute Gasteiger partial charge is 0.162 e. The highest BCUT2D eigenvalue weighted by Crippen LogP contribution is 2.33. The van der Waals surface area contributed by atoms with Crippen LogP contribution in [0.15, 0.2) is 16.6 Å². The zero-order valence-electron chi connectivity index (χ0n) is 11.5. The highest BCUT2D eigenvalue weighted by Gasteiger charge is 2.09. The summed E-state index contributed by atoms with van der Waals surface area (Å²) in [5.74, 6) is 1.50. The first-order valence-corrected chi connectivity index (χ1v) is 7.33. The average molecular weight is 332 g/mol. The number of rotatable bonds is 9. The molecule has 108 valence electrons. The number of benzene rings is 1. The van der Waals surface area contributed by atoms with Gasteiger partial charge in [-0.15, -0.1) is 0 Å². The van der Waals surface area contributed by atoms with Crippen molar-refractivity contribution in [3.05, 3.63) is 22.2 Å². The summed E-state index contributed by atoms with van der Waals surface area (Å²) in [6.07, 6.45) is 1.81. The van der Waals surface area contributed by atoms with Crippen LogP contribution in [0.4, 0.5) is 0 Å². The van der Waals surface area contributed by atoms with Gasteiger partial charge in [-0.2, -0.15) is 0 Å². The molecular formula is C14H22BrNO3. The Labute approximate surface area is 123 Å². The van der Waals surface area contributed by atoms with E-state index in [9.17, 15) is 0 Å². The van der Waals surface area contributed by atoms with Gasteiger partial charge in [0.05, 0.1) is 13.7 Å². The van der Waals surface area contributed by atoms with E-state index in [2.05, 4.69) is 21.2 Å². The van der Waals surface area contributed by atoms with Crippen LogP contribution in [0.1, 0.15) is 25.3 Å². The molecule has 0 aromatic heterocycles. The van der Waals surface area contributed by atoms with Crippen molar-refractivity contribution in [1.29, 1.82) is 0 Å². The zero-order valence-corrected chi connectivity index (χ0v) is 13.1. The van der Waals surface area contributed by atoms with Crippen LogP contribution in [0.3, 0.4) is 0 Å². The van der Waals surface area contributed by atoms with Gasteiger partial charge in [-0.25, -0.2) is 0 Å². The lowest BCUT2D eigenvalue weighted by Crippen LogP contribution is -2.15. The molecule has 0 aliphatic heterocycles. The molecule has 4 nitrogen and oxygen atoms in total. The molecule has 0 atom stereocenters. The summed E-state index contributed by atoms with van der Waals surface area (Å²) in [4.78, 5) is 0. The Kier molecular flexibility index (Phi) is 7.86. The molecule has 0 aliphatic rings. The minimum absolute atomic E-state index is 0.252. The number of aliphatic hydroxyl groups is 1. The molecule has 1 rings (SSSR count). The topological polar surface area (TPSA) is 50.7 Å². The van der Waals surface area contributed by atoms with Crippen LogP contribution in [0.2, 0.25) is 0 Å². The van der Waals surface area contributed by atoms with Crippen LogP contribution in [-0.2, 0) is 6.54 Å². The second-order valence-electron chi connectivity index (χ2n) is 4.13. The lowest BCUT2D eigenvalue weighted by Gasteiger charge is -2.13. The van der Waals surface area contributed by atoms with Crippen LogP contribution in [0.25, 0.3) is 0 Å². The maximum Gasteiger partial charge on any atom is 0.162 e. The molecule has 0 saturated heterocycles. The van der Waals surface area contributed by atoms with E-state index in [1.807, 2.05) is 19.1 Å². The fourth-order valence-electron chi connectivity index (χ4n) is 1.73. The fraction of sp³-hybridized carbons (Fsp3) is 0.571. The summed E-state index contributed by atoms with van der Waals surface area (Å²) >= 11 is 3.55. The quantitative estimate of drug-likeness (QED) is 0.683. The Morgan fingerprint density at radius 2 is 2.05 bits per heavy atom. The minimum Gasteiger partial charge on any atom is -0.493 e. The first-order chi connectivity index (χ1) is 9.22. The van der Waals surface area contributed by atoms with Crippen molar-refractivity contribution in [3.63, 3.8) is 0 Å². The molecule has 19 heavy (non-hydrogen) atoms. The van der Waals surface area contributed by atoms with Crippen LogP contribution in [0.5, 0.6) is 11.5 Å². The number of hydrogen-bond acceptors (Lipinski definition) is 4. The number of nitrogens with one attached hydrogen (secondary N) is 1. The van der Waals surface area contributed by atoms with Crippen LogP contribution in [0, 0.1) is 0 Å². The number of hydrogen-bond donors (Lipinski definition) is 2. The van der Waals surface area contributed by atoms with E-state index in [0.717, 1.165) is 47.5 Å². The number of halogens is 1. The van der Waals surface area contributed by atoms with Crippen molar-refractivity contribution >= 4 is 15.9 Å². The van der Waals surface area contributed by atoms with Gasteiger partial charge < -0.3 is 19.9 Å². The molecular weight excluding hydrogens is 310 g/mol. The number of methoxy groups -OCH3 is 1. The van der Waals surface area contributed by atoms with Crippen LogP contribution >= 0.6 is 15.9 Å². The van der Waals surface area contributed by atoms with Gasteiger partial charge in [-0.1, -0.05) is 15.9 Å². The molecule has 0 unspecified atom stereocenters. The molecule has 0 saturated carbocycles. The van der Waals surface area contributed by atoms with Crippen LogP contribution < -0.4 is 14.8 Å². The van der Waals surface area contributed by atoms with Crippen molar-refractivity contribution in [3.8, 4) is 11.5 Å². The van der Waals surface area contributed by atoms with Gasteiger partial charge in [-0.05, 0) is 44.0 Å². The predicted molar refractivity (Wildman–Crippen MR) is 79.9 cm³/mol. The average Bonchev–Trinajstić information content (AvgIpc) is 2.41. The summed E-state index contributed by atoms with van der Waals surface area (Å²) in [6, 6.07) is 3.92. The standard InChI is InChI=1S/C14H22BrNO3/c1-3-19-14-9-12(15)11(8-13(14)18-2)10-16-6-4-5-7-17/h8-9,16-17H,3-7,10H2,1-2H3. The van der Waals surface area contributed by atoms with Gasteiger partial charge in [0.1, 0.15) is 0 Å². The number of aliphatic hydroxyl groups excluding tert-OH is 1. The van der Waals surface area contributed by atoms with Gasteiger partial charge in [0, 0.05) is 17.6 Å². The van der Waals surface area contributed by atoms with E-state index < -0.39 is 0 Å². The largest absolute Gasteiger partial charge is 0.493 e. The summed E-state index contributed by atoms with van der Waals surface area (Å²) in [5.41, 5.74) is 1.13. The molecule has 0 heterocycles. The molecule has 1 aromatic carbocycles. The molecule has 5 heteroatoms. The lowest BCUT2D eigenvalue weighted by atomic mass is 10.2. The number of unbranched alkanes of at least 4 members (excludes halogenated alkanes) is 1. The highest BCUT2D eigenvalue weighted by molar-refractivity contribution is 9.10. The third kappa shape index (κ3) is 5.38. The van der Waals surface area contributed by atoms with E-state index in [4.69, 9.17) is 14.6 Å². The van der Waals surface area contributed by atoms with Gasteiger partial charge in [0.2, 0.25) is 0 Å². The summed E-state index contributed by atoms with van der Waals surface area (Å²) in [5, 5.41) is 12.1. The predicted octanol–water partition coefficient (Wildman–Crippen LogP) is 2.72. The van der Waals surface area contributed by atoms with E-state index in [1.54, 1.807) is 7.11 Å². The van der Waals surface area contributed by atoms with Gasteiger partial charge in [0.15, 0.2) is 11.5 Å². The Hall–Kier alpha value is -0.780. The molecule has 0 spiro atoms. The van der Waals surface area contributed by atoms with Crippen LogP contribution in [-0.4, -0.2) is 32.0 Å². The summed E-state index contributed by atoms with van der Waals surface area (Å²) in [6.45, 7) is 4.46. The number of ether oxygens (including phenoxy) is 2. The maximum absolute atomic E-state index is 8.71. The molecule has 0 amide bonds. The Morgan fingerprint density at radius 1 is 1.26 bits per heavy atom. The summed E-state index contributed by atoms with van der Waals surface area (Å²) in [7, 11) is 1.64. The molecule has 0 radical (unpaired) electrons. The van der Waals surface area contributed by atoms with E-state index in [-0.39, 0.29) is 6.61 Å². The first-order valence-electron chi connectivity index (χ1n) is 6.53. The molecule has 0 fully saturated rings. The maximum atomic E-state index is 8.71. The third-order valence-electron chi connectivity index (χ3n) is 2.71. The van der Waals surface area contributed by atoms with Crippen molar-refractivity contribution in [2.75, 3.05) is 26.9 Å². The van der Waals surface area contributed by atoms with E-state index in [0.29, 0.717) is 6.61 Å². The molecule has 0 aliphatic carbocycles. The normalized spacial score (nSPS) is 10.5. The Morgan fingerprint density at radius 3 is 2.68 bits per heavy atom. The summed E-state index contributed by atoms with van der Waals surface area (Å²) < 4.78 is 11.9. The second kappa shape index (κ2) is 9.18. The minimum atomic E-state index is 0.252. The SMILES string of the molecule is CCOc1cc(Br)c(CNCCCCO)cc1OC. The fourth-order valence-corrected chi connectivity index (χ4v) is 2.19. The third-order valence-corrected chi connectivity index (χ3v) is 3.45. The molecule has 2 N–H and O–H groups in total. The monoisotopic (exact) mass is 331 g/mol. The van der Waals surface area contributed by atoms with Gasteiger partial charge in [0.25, 0.3) is 0 Å².